The molecule has 0 N–H and O–H groups in total. The van der Waals surface area contributed by atoms with Crippen LogP contribution in [0.15, 0.2) is 23.9 Å². The average molecular weight is 321 g/mol. The summed E-state index contributed by atoms with van der Waals surface area (Å²) in [6, 6.07) is 0. The Bertz CT molecular complexity index is 349. The van der Waals surface area contributed by atoms with E-state index in [1.165, 1.54) is 57.8 Å². The Morgan fingerprint density at radius 3 is 2.05 bits per heavy atom. The van der Waals surface area contributed by atoms with Crippen LogP contribution >= 0.6 is 0 Å². The van der Waals surface area contributed by atoms with Gasteiger partial charge in [0.25, 0.3) is 0 Å². The summed E-state index contributed by atoms with van der Waals surface area (Å²) in [6.45, 7) is 4.47. The zero-order valence-electron chi connectivity index (χ0n) is 15.0. The van der Waals surface area contributed by atoms with Gasteiger partial charge >= 0.3 is 0 Å². The van der Waals surface area contributed by atoms with Crippen molar-refractivity contribution in [1.82, 2.24) is 0 Å². The highest BCUT2D eigenvalue weighted by Crippen LogP contribution is 2.35. The Morgan fingerprint density at radius 1 is 0.909 bits per heavy atom. The maximum absolute atomic E-state index is 5.76. The molecule has 0 aromatic rings. The molecule has 2 aliphatic carbocycles. The Morgan fingerprint density at radius 2 is 1.50 bits per heavy atom. The molecule has 0 radical (unpaired) electrons. The first-order valence-electron chi connectivity index (χ1n) is 9.58. The average Bonchev–Trinajstić information content (AvgIpc) is 2.57. The third kappa shape index (κ3) is 5.38. The SMILES string of the molecule is C/C=C/C1CCC(/C=C/[SiH](C2CCCCC2)C(C)OC)CC1. The van der Waals surface area contributed by atoms with E-state index in [1.54, 1.807) is 0 Å². The minimum absolute atomic E-state index is 0.499. The molecular formula is C20H36OSi. The molecule has 2 rings (SSSR count). The lowest BCUT2D eigenvalue weighted by atomic mass is 9.82. The van der Waals surface area contributed by atoms with Crippen LogP contribution in [0.4, 0.5) is 0 Å². The molecule has 22 heavy (non-hydrogen) atoms. The van der Waals surface area contributed by atoms with E-state index in [2.05, 4.69) is 37.8 Å². The molecule has 0 aliphatic heterocycles. The summed E-state index contributed by atoms with van der Waals surface area (Å²) in [5.41, 5.74) is 4.16. The molecule has 2 saturated carbocycles. The van der Waals surface area contributed by atoms with E-state index in [1.807, 2.05) is 7.11 Å². The first-order valence-corrected chi connectivity index (χ1v) is 11.6. The van der Waals surface area contributed by atoms with Gasteiger partial charge in [0.15, 0.2) is 0 Å². The highest BCUT2D eigenvalue weighted by Gasteiger charge is 2.28. The van der Waals surface area contributed by atoms with Gasteiger partial charge < -0.3 is 4.74 Å². The summed E-state index contributed by atoms with van der Waals surface area (Å²) >= 11 is 0. The van der Waals surface area contributed by atoms with Crippen LogP contribution in [0.25, 0.3) is 0 Å². The predicted molar refractivity (Wildman–Crippen MR) is 99.9 cm³/mol. The number of hydrogen-bond donors (Lipinski definition) is 0. The summed E-state index contributed by atoms with van der Waals surface area (Å²) in [5, 5.41) is 0. The molecule has 1 nitrogen and oxygen atoms in total. The highest BCUT2D eigenvalue weighted by molar-refractivity contribution is 6.67. The largest absolute Gasteiger partial charge is 0.385 e. The van der Waals surface area contributed by atoms with Crippen molar-refractivity contribution in [2.24, 2.45) is 11.8 Å². The molecule has 126 valence electrons. The van der Waals surface area contributed by atoms with Crippen molar-refractivity contribution in [2.45, 2.75) is 82.9 Å². The highest BCUT2D eigenvalue weighted by atomic mass is 28.3. The van der Waals surface area contributed by atoms with Gasteiger partial charge in [-0.15, -0.1) is 0 Å². The lowest BCUT2D eigenvalue weighted by Crippen LogP contribution is -2.34. The van der Waals surface area contributed by atoms with E-state index in [-0.39, 0.29) is 0 Å². The van der Waals surface area contributed by atoms with Gasteiger partial charge in [0.2, 0.25) is 0 Å². The molecule has 0 aromatic heterocycles. The fourth-order valence-corrected chi connectivity index (χ4v) is 7.98. The lowest BCUT2D eigenvalue weighted by molar-refractivity contribution is 0.173. The van der Waals surface area contributed by atoms with Gasteiger partial charge in [0.05, 0.1) is 8.80 Å². The molecule has 0 spiro atoms. The van der Waals surface area contributed by atoms with Crippen LogP contribution < -0.4 is 0 Å². The molecule has 2 aliphatic rings. The lowest BCUT2D eigenvalue weighted by Gasteiger charge is -2.31. The van der Waals surface area contributed by atoms with Crippen LogP contribution in [0.1, 0.15) is 71.6 Å². The van der Waals surface area contributed by atoms with E-state index in [9.17, 15) is 0 Å². The van der Waals surface area contributed by atoms with Crippen molar-refractivity contribution < 1.29 is 4.74 Å². The topological polar surface area (TPSA) is 9.23 Å². The second-order valence-electron chi connectivity index (χ2n) is 7.50. The van der Waals surface area contributed by atoms with E-state index in [4.69, 9.17) is 4.74 Å². The molecule has 0 saturated heterocycles. The Hall–Kier alpha value is -0.343. The maximum atomic E-state index is 5.76. The third-order valence-corrected chi connectivity index (χ3v) is 9.77. The molecule has 0 heterocycles. The van der Waals surface area contributed by atoms with Crippen molar-refractivity contribution in [2.75, 3.05) is 7.11 Å². The summed E-state index contributed by atoms with van der Waals surface area (Å²) < 4.78 is 5.76. The molecule has 2 atom stereocenters. The predicted octanol–water partition coefficient (Wildman–Crippen LogP) is 5.60. The van der Waals surface area contributed by atoms with Crippen LogP contribution in [-0.4, -0.2) is 21.6 Å². The Kier molecular flexibility index (Phi) is 7.95. The van der Waals surface area contributed by atoms with Crippen molar-refractivity contribution in [3.05, 3.63) is 23.9 Å². The number of hydrogen-bond acceptors (Lipinski definition) is 1. The maximum Gasteiger partial charge on any atom is 0.0972 e. The number of ether oxygens (including phenoxy) is 1. The number of methoxy groups -OCH3 is 1. The fourth-order valence-electron chi connectivity index (χ4n) is 4.46. The van der Waals surface area contributed by atoms with Crippen LogP contribution in [-0.2, 0) is 4.74 Å². The van der Waals surface area contributed by atoms with E-state index in [0.29, 0.717) is 5.73 Å². The van der Waals surface area contributed by atoms with Crippen molar-refractivity contribution >= 4 is 8.80 Å². The first kappa shape index (κ1) is 18.0. The normalized spacial score (nSPS) is 30.9. The second-order valence-corrected chi connectivity index (χ2v) is 10.9. The second kappa shape index (κ2) is 9.72. The van der Waals surface area contributed by atoms with Crippen molar-refractivity contribution in [1.29, 1.82) is 0 Å². The van der Waals surface area contributed by atoms with Gasteiger partial charge in [0.1, 0.15) is 0 Å². The summed E-state index contributed by atoms with van der Waals surface area (Å²) in [7, 11) is 0.980. The van der Waals surface area contributed by atoms with E-state index < -0.39 is 8.80 Å². The van der Waals surface area contributed by atoms with Gasteiger partial charge in [-0.1, -0.05) is 56.0 Å². The quantitative estimate of drug-likeness (QED) is 0.457. The zero-order valence-corrected chi connectivity index (χ0v) is 16.1. The van der Waals surface area contributed by atoms with Gasteiger partial charge in [-0.25, -0.2) is 0 Å². The summed E-state index contributed by atoms with van der Waals surface area (Å²) in [5.74, 6) is 1.68. The number of rotatable bonds is 6. The minimum Gasteiger partial charge on any atom is -0.385 e. The fraction of sp³-hybridized carbons (Fsp3) is 0.800. The monoisotopic (exact) mass is 320 g/mol. The van der Waals surface area contributed by atoms with Gasteiger partial charge in [-0.2, -0.15) is 0 Å². The molecule has 0 aromatic carbocycles. The minimum atomic E-state index is -0.926. The Balaban J connectivity index is 1.89. The standard InChI is InChI=1S/C20H36OSi/c1-4-8-18-11-13-19(14-12-18)15-16-22(17(2)21-3)20-9-6-5-7-10-20/h4,8,15-20,22H,5-7,9-14H2,1-3H3/b8-4+,16-15+. The Labute approximate surface area is 139 Å². The van der Waals surface area contributed by atoms with Gasteiger partial charge in [0, 0.05) is 12.8 Å². The van der Waals surface area contributed by atoms with Crippen LogP contribution in [0.3, 0.4) is 0 Å². The summed E-state index contributed by atoms with van der Waals surface area (Å²) in [4.78, 5) is 0. The van der Waals surface area contributed by atoms with Gasteiger partial charge in [-0.3, -0.25) is 0 Å². The third-order valence-electron chi connectivity index (χ3n) is 5.99. The molecule has 2 unspecified atom stereocenters. The molecule has 0 amide bonds. The van der Waals surface area contributed by atoms with E-state index >= 15 is 0 Å². The van der Waals surface area contributed by atoms with Crippen molar-refractivity contribution in [3.63, 3.8) is 0 Å². The van der Waals surface area contributed by atoms with Crippen molar-refractivity contribution in [3.8, 4) is 0 Å². The van der Waals surface area contributed by atoms with E-state index in [0.717, 1.165) is 17.4 Å². The first-order chi connectivity index (χ1) is 10.7. The zero-order chi connectivity index (χ0) is 15.8. The van der Waals surface area contributed by atoms with Crippen LogP contribution in [0.2, 0.25) is 5.54 Å². The number of allylic oxidation sites excluding steroid dienone is 3. The molecule has 2 heteroatoms. The van der Waals surface area contributed by atoms with Crippen LogP contribution in [0.5, 0.6) is 0 Å². The summed E-state index contributed by atoms with van der Waals surface area (Å²) in [6.07, 6.45) is 20.1. The van der Waals surface area contributed by atoms with Crippen LogP contribution in [0, 0.1) is 11.8 Å². The molecular weight excluding hydrogens is 284 g/mol. The smallest absolute Gasteiger partial charge is 0.0972 e. The molecule has 0 bridgehead atoms. The van der Waals surface area contributed by atoms with Gasteiger partial charge in [-0.05, 0) is 56.9 Å². The molecule has 2 fully saturated rings.